The van der Waals surface area contributed by atoms with Crippen LogP contribution in [0.1, 0.15) is 17.3 Å². The second kappa shape index (κ2) is 5.02. The Kier molecular flexibility index (Phi) is 3.45. The van der Waals surface area contributed by atoms with Crippen LogP contribution < -0.4 is 4.74 Å². The van der Waals surface area contributed by atoms with Crippen LogP contribution in [0.25, 0.3) is 0 Å². The normalized spacial score (nSPS) is 10.0. The van der Waals surface area contributed by atoms with E-state index < -0.39 is 0 Å². The molecule has 0 aromatic heterocycles. The zero-order valence-electron chi connectivity index (χ0n) is 9.31. The first kappa shape index (κ1) is 11.7. The molecule has 2 aromatic carbocycles. The molecule has 0 aliphatic heterocycles. The first-order valence-electron chi connectivity index (χ1n) is 5.20. The molecule has 0 fully saturated rings. The second-order valence-electron chi connectivity index (χ2n) is 3.62. The van der Waals surface area contributed by atoms with Crippen LogP contribution in [-0.4, -0.2) is 5.78 Å². The van der Waals surface area contributed by atoms with Gasteiger partial charge in [-0.15, -0.1) is 0 Å². The molecule has 0 unspecified atom stereocenters. The van der Waals surface area contributed by atoms with E-state index in [1.807, 2.05) is 12.1 Å². The molecule has 2 rings (SSSR count). The summed E-state index contributed by atoms with van der Waals surface area (Å²) in [5.74, 6) is 1.19. The van der Waals surface area contributed by atoms with Gasteiger partial charge in [0.25, 0.3) is 0 Å². The molecule has 2 aromatic rings. The number of rotatable bonds is 3. The van der Waals surface area contributed by atoms with Gasteiger partial charge in [-0.05, 0) is 31.2 Å². The van der Waals surface area contributed by atoms with Crippen molar-refractivity contribution in [2.24, 2.45) is 0 Å². The average Bonchev–Trinajstić information content (AvgIpc) is 2.32. The van der Waals surface area contributed by atoms with Gasteiger partial charge in [-0.25, -0.2) is 0 Å². The first-order valence-corrected chi connectivity index (χ1v) is 5.58. The smallest absolute Gasteiger partial charge is 0.159 e. The highest BCUT2D eigenvalue weighted by Crippen LogP contribution is 2.29. The van der Waals surface area contributed by atoms with Gasteiger partial charge in [-0.2, -0.15) is 0 Å². The van der Waals surface area contributed by atoms with Crippen molar-refractivity contribution in [2.45, 2.75) is 6.92 Å². The summed E-state index contributed by atoms with van der Waals surface area (Å²) >= 11 is 5.98. The van der Waals surface area contributed by atoms with E-state index in [4.69, 9.17) is 16.3 Å². The lowest BCUT2D eigenvalue weighted by Crippen LogP contribution is -1.92. The van der Waals surface area contributed by atoms with Crippen LogP contribution in [0.2, 0.25) is 5.02 Å². The maximum absolute atomic E-state index is 11.2. The Morgan fingerprint density at radius 1 is 1.12 bits per heavy atom. The molecule has 0 N–H and O–H groups in total. The fourth-order valence-corrected chi connectivity index (χ4v) is 1.61. The predicted molar refractivity (Wildman–Crippen MR) is 68.0 cm³/mol. The molecule has 0 radical (unpaired) electrons. The number of Topliss-reactive ketones (excluding diaryl/α,β-unsaturated/α-hetero) is 1. The molecule has 0 bridgehead atoms. The van der Waals surface area contributed by atoms with Crippen molar-refractivity contribution in [2.75, 3.05) is 0 Å². The van der Waals surface area contributed by atoms with Crippen molar-refractivity contribution in [3.05, 3.63) is 59.1 Å². The van der Waals surface area contributed by atoms with Crippen molar-refractivity contribution < 1.29 is 9.53 Å². The lowest BCUT2D eigenvalue weighted by Gasteiger charge is -2.07. The Morgan fingerprint density at radius 3 is 2.59 bits per heavy atom. The van der Waals surface area contributed by atoms with Gasteiger partial charge in [-0.1, -0.05) is 35.9 Å². The molecule has 0 amide bonds. The number of ether oxygens (including phenoxy) is 1. The van der Waals surface area contributed by atoms with Gasteiger partial charge in [0.2, 0.25) is 0 Å². The van der Waals surface area contributed by atoms with E-state index in [1.165, 1.54) is 6.92 Å². The van der Waals surface area contributed by atoms with Crippen LogP contribution in [0.5, 0.6) is 11.5 Å². The van der Waals surface area contributed by atoms with E-state index in [-0.39, 0.29) is 5.78 Å². The van der Waals surface area contributed by atoms with Gasteiger partial charge < -0.3 is 4.74 Å². The maximum Gasteiger partial charge on any atom is 0.159 e. The molecule has 17 heavy (non-hydrogen) atoms. The minimum atomic E-state index is 0.00890. The van der Waals surface area contributed by atoms with Gasteiger partial charge in [0.05, 0.1) is 5.02 Å². The van der Waals surface area contributed by atoms with E-state index in [2.05, 4.69) is 0 Å². The summed E-state index contributed by atoms with van der Waals surface area (Å²) in [5.41, 5.74) is 0.620. The number of benzene rings is 2. The molecule has 0 aliphatic carbocycles. The minimum Gasteiger partial charge on any atom is -0.456 e. The van der Waals surface area contributed by atoms with Crippen LogP contribution >= 0.6 is 11.6 Å². The molecule has 0 atom stereocenters. The third-order valence-corrected chi connectivity index (χ3v) is 2.62. The highest BCUT2D eigenvalue weighted by molar-refractivity contribution is 6.32. The number of hydrogen-bond acceptors (Lipinski definition) is 2. The zero-order chi connectivity index (χ0) is 12.3. The summed E-state index contributed by atoms with van der Waals surface area (Å²) < 4.78 is 5.62. The van der Waals surface area contributed by atoms with E-state index in [1.54, 1.807) is 36.4 Å². The molecule has 0 aliphatic rings. The summed E-state index contributed by atoms with van der Waals surface area (Å²) in [4.78, 5) is 11.2. The molecule has 3 heteroatoms. The highest BCUT2D eigenvalue weighted by Gasteiger charge is 2.04. The van der Waals surface area contributed by atoms with Crippen LogP contribution in [0.15, 0.2) is 48.5 Å². The molecule has 86 valence electrons. The van der Waals surface area contributed by atoms with Crippen molar-refractivity contribution in [3.8, 4) is 11.5 Å². The maximum atomic E-state index is 11.2. The Labute approximate surface area is 105 Å². The molecule has 0 saturated heterocycles. The quantitative estimate of drug-likeness (QED) is 0.754. The van der Waals surface area contributed by atoms with Gasteiger partial charge in [-0.3, -0.25) is 4.79 Å². The zero-order valence-corrected chi connectivity index (χ0v) is 10.1. The van der Waals surface area contributed by atoms with Crippen molar-refractivity contribution in [3.63, 3.8) is 0 Å². The Balaban J connectivity index is 2.28. The lowest BCUT2D eigenvalue weighted by molar-refractivity contribution is 0.101. The second-order valence-corrected chi connectivity index (χ2v) is 4.02. The van der Waals surface area contributed by atoms with Crippen LogP contribution in [0.3, 0.4) is 0 Å². The van der Waals surface area contributed by atoms with E-state index in [9.17, 15) is 4.79 Å². The van der Waals surface area contributed by atoms with Crippen LogP contribution in [-0.2, 0) is 0 Å². The number of carbonyl (C=O) groups is 1. The van der Waals surface area contributed by atoms with Crippen LogP contribution in [0, 0.1) is 0 Å². The van der Waals surface area contributed by atoms with E-state index in [0.29, 0.717) is 22.1 Å². The number of para-hydroxylation sites is 1. The summed E-state index contributed by atoms with van der Waals surface area (Å²) in [5, 5.41) is 0.542. The largest absolute Gasteiger partial charge is 0.456 e. The summed E-state index contributed by atoms with van der Waals surface area (Å²) in [6, 6.07) is 14.2. The Morgan fingerprint density at radius 2 is 1.88 bits per heavy atom. The minimum absolute atomic E-state index is 0.00890. The highest BCUT2D eigenvalue weighted by atomic mass is 35.5. The fourth-order valence-electron chi connectivity index (χ4n) is 1.43. The molecular formula is C14H11ClO2. The fraction of sp³-hybridized carbons (Fsp3) is 0.0714. The first-order chi connectivity index (χ1) is 8.16. The lowest BCUT2D eigenvalue weighted by atomic mass is 10.1. The third-order valence-electron chi connectivity index (χ3n) is 2.31. The molecule has 0 heterocycles. The molecule has 0 saturated carbocycles. The standard InChI is InChI=1S/C14H11ClO2/c1-10(16)11-5-4-6-12(9-11)17-14-8-3-2-7-13(14)15/h2-9H,1H3. The predicted octanol–water partition coefficient (Wildman–Crippen LogP) is 4.33. The van der Waals surface area contributed by atoms with Gasteiger partial charge in [0.15, 0.2) is 5.78 Å². The summed E-state index contributed by atoms with van der Waals surface area (Å²) in [6.45, 7) is 1.52. The van der Waals surface area contributed by atoms with Crippen molar-refractivity contribution >= 4 is 17.4 Å². The summed E-state index contributed by atoms with van der Waals surface area (Å²) in [7, 11) is 0. The number of hydrogen-bond donors (Lipinski definition) is 0. The monoisotopic (exact) mass is 246 g/mol. The Bertz CT molecular complexity index is 549. The van der Waals surface area contributed by atoms with Gasteiger partial charge in [0, 0.05) is 5.56 Å². The molecule has 0 spiro atoms. The third kappa shape index (κ3) is 2.86. The van der Waals surface area contributed by atoms with E-state index >= 15 is 0 Å². The van der Waals surface area contributed by atoms with E-state index in [0.717, 1.165) is 0 Å². The summed E-state index contributed by atoms with van der Waals surface area (Å²) in [6.07, 6.45) is 0. The van der Waals surface area contributed by atoms with Gasteiger partial charge in [0.1, 0.15) is 11.5 Å². The average molecular weight is 247 g/mol. The van der Waals surface area contributed by atoms with Gasteiger partial charge >= 0.3 is 0 Å². The van der Waals surface area contributed by atoms with Crippen molar-refractivity contribution in [1.82, 2.24) is 0 Å². The van der Waals surface area contributed by atoms with Crippen LogP contribution in [0.4, 0.5) is 0 Å². The molecule has 2 nitrogen and oxygen atoms in total. The number of ketones is 1. The number of carbonyl (C=O) groups excluding carboxylic acids is 1. The topological polar surface area (TPSA) is 26.3 Å². The SMILES string of the molecule is CC(=O)c1cccc(Oc2ccccc2Cl)c1. The molecular weight excluding hydrogens is 236 g/mol. The van der Waals surface area contributed by atoms with Crippen molar-refractivity contribution in [1.29, 1.82) is 0 Å². The Hall–Kier alpha value is -1.80. The number of halogens is 1.